The van der Waals surface area contributed by atoms with E-state index < -0.39 is 0 Å². The van der Waals surface area contributed by atoms with Crippen LogP contribution in [0, 0.1) is 0 Å². The predicted octanol–water partition coefficient (Wildman–Crippen LogP) is 5.04. The fourth-order valence-electron chi connectivity index (χ4n) is 1.32. The van der Waals surface area contributed by atoms with Crippen molar-refractivity contribution in [1.82, 2.24) is 0 Å². The van der Waals surface area contributed by atoms with Crippen molar-refractivity contribution >= 4 is 0 Å². The summed E-state index contributed by atoms with van der Waals surface area (Å²) in [6.07, 6.45) is 12.5. The highest BCUT2D eigenvalue weighted by Crippen LogP contribution is 2.11. The van der Waals surface area contributed by atoms with Gasteiger partial charge in [0.15, 0.2) is 0 Å². The lowest BCUT2D eigenvalue weighted by atomic mass is 10.1. The van der Waals surface area contributed by atoms with Crippen molar-refractivity contribution < 1.29 is 0 Å². The van der Waals surface area contributed by atoms with Crippen LogP contribution in [-0.2, 0) is 0 Å². The Balaban J connectivity index is 4.17. The van der Waals surface area contributed by atoms with Crippen LogP contribution in [0.3, 0.4) is 0 Å². The zero-order valence-corrected chi connectivity index (χ0v) is 9.97. The number of hydrogen-bond donors (Lipinski definition) is 0. The van der Waals surface area contributed by atoms with Gasteiger partial charge in [-0.1, -0.05) is 64.0 Å². The van der Waals surface area contributed by atoms with Gasteiger partial charge in [-0.3, -0.25) is 0 Å². The van der Waals surface area contributed by atoms with Crippen molar-refractivity contribution in [3.63, 3.8) is 0 Å². The Morgan fingerprint density at radius 3 is 2.36 bits per heavy atom. The first-order valence-corrected chi connectivity index (χ1v) is 5.79. The fourth-order valence-corrected chi connectivity index (χ4v) is 1.32. The minimum Gasteiger partial charge on any atom is -0.0958 e. The van der Waals surface area contributed by atoms with E-state index in [0.717, 1.165) is 12.8 Å². The first-order chi connectivity index (χ1) is 6.74. The Bertz CT molecular complexity index is 206. The molecule has 0 bridgehead atoms. The van der Waals surface area contributed by atoms with Crippen LogP contribution in [0.25, 0.3) is 0 Å². The van der Waals surface area contributed by atoms with Crippen LogP contribution < -0.4 is 0 Å². The van der Waals surface area contributed by atoms with Gasteiger partial charge in [0.1, 0.15) is 0 Å². The smallest absolute Gasteiger partial charge is 0.0287 e. The second-order valence-corrected chi connectivity index (χ2v) is 3.67. The van der Waals surface area contributed by atoms with E-state index in [0.29, 0.717) is 0 Å². The molecule has 0 rings (SSSR count). The Morgan fingerprint density at radius 2 is 1.86 bits per heavy atom. The molecule has 0 heterocycles. The molecule has 14 heavy (non-hydrogen) atoms. The van der Waals surface area contributed by atoms with Crippen molar-refractivity contribution in [3.05, 3.63) is 36.0 Å². The Kier molecular flexibility index (Phi) is 8.31. The number of unbranched alkanes of at least 4 members (excludes halogenated alkanes) is 1. The molecule has 0 nitrogen and oxygen atoms in total. The minimum atomic E-state index is 1.10. The van der Waals surface area contributed by atoms with Gasteiger partial charge >= 0.3 is 0 Å². The Hall–Kier alpha value is -0.780. The molecule has 0 aromatic heterocycles. The molecule has 0 saturated heterocycles. The van der Waals surface area contributed by atoms with E-state index in [-0.39, 0.29) is 0 Å². The maximum absolute atomic E-state index is 4.05. The third kappa shape index (κ3) is 6.71. The molecule has 0 N–H and O–H groups in total. The summed E-state index contributed by atoms with van der Waals surface area (Å²) >= 11 is 0. The molecular formula is C14H24. The molecule has 0 fully saturated rings. The van der Waals surface area contributed by atoms with E-state index in [2.05, 4.69) is 45.6 Å². The highest BCUT2D eigenvalue weighted by atomic mass is 14.0. The first-order valence-electron chi connectivity index (χ1n) is 5.79. The molecule has 0 spiro atoms. The molecule has 0 aliphatic heterocycles. The van der Waals surface area contributed by atoms with Crippen LogP contribution in [0.1, 0.15) is 52.9 Å². The number of allylic oxidation sites excluding steroid dienone is 5. The lowest BCUT2D eigenvalue weighted by Crippen LogP contribution is -1.80. The monoisotopic (exact) mass is 192 g/mol. The van der Waals surface area contributed by atoms with E-state index in [9.17, 15) is 0 Å². The Labute approximate surface area is 89.4 Å². The van der Waals surface area contributed by atoms with Crippen LogP contribution in [0.5, 0.6) is 0 Å². The summed E-state index contributed by atoms with van der Waals surface area (Å²) in [5, 5.41) is 0. The highest BCUT2D eigenvalue weighted by Gasteiger charge is 1.91. The van der Waals surface area contributed by atoms with Crippen molar-refractivity contribution in [2.75, 3.05) is 0 Å². The van der Waals surface area contributed by atoms with Gasteiger partial charge < -0.3 is 0 Å². The topological polar surface area (TPSA) is 0 Å². The van der Waals surface area contributed by atoms with E-state index in [4.69, 9.17) is 0 Å². The van der Waals surface area contributed by atoms with Gasteiger partial charge in [-0.2, -0.15) is 0 Å². The van der Waals surface area contributed by atoms with Crippen molar-refractivity contribution in [1.29, 1.82) is 0 Å². The van der Waals surface area contributed by atoms with E-state index in [1.165, 1.54) is 30.4 Å². The van der Waals surface area contributed by atoms with Gasteiger partial charge in [-0.15, -0.1) is 0 Å². The van der Waals surface area contributed by atoms with Gasteiger partial charge in [0.2, 0.25) is 0 Å². The van der Waals surface area contributed by atoms with Crippen LogP contribution in [-0.4, -0.2) is 0 Å². The molecule has 0 atom stereocenters. The molecule has 0 amide bonds. The summed E-state index contributed by atoms with van der Waals surface area (Å²) in [6, 6.07) is 0. The van der Waals surface area contributed by atoms with E-state index >= 15 is 0 Å². The second-order valence-electron chi connectivity index (χ2n) is 3.67. The van der Waals surface area contributed by atoms with Crippen molar-refractivity contribution in [2.24, 2.45) is 0 Å². The maximum atomic E-state index is 4.05. The minimum absolute atomic E-state index is 1.10. The van der Waals surface area contributed by atoms with Crippen LogP contribution in [0.2, 0.25) is 0 Å². The van der Waals surface area contributed by atoms with Crippen molar-refractivity contribution in [2.45, 2.75) is 52.9 Å². The summed E-state index contributed by atoms with van der Waals surface area (Å²) in [6.45, 7) is 10.6. The standard InChI is InChI=1S/C14H24/c1-5-8-9-11-14(7-3)12-13(4)10-6-2/h9,11-12H,4-8,10H2,1-3H3/b11-9-,14-12-. The maximum Gasteiger partial charge on any atom is -0.0287 e. The summed E-state index contributed by atoms with van der Waals surface area (Å²) in [7, 11) is 0. The lowest BCUT2D eigenvalue weighted by Gasteiger charge is -2.00. The quantitative estimate of drug-likeness (QED) is 0.496. The van der Waals surface area contributed by atoms with Crippen LogP contribution >= 0.6 is 0 Å². The lowest BCUT2D eigenvalue weighted by molar-refractivity contribution is 0.925. The van der Waals surface area contributed by atoms with Crippen LogP contribution in [0.4, 0.5) is 0 Å². The fraction of sp³-hybridized carbons (Fsp3) is 0.571. The zero-order chi connectivity index (χ0) is 10.8. The predicted molar refractivity (Wildman–Crippen MR) is 66.5 cm³/mol. The van der Waals surface area contributed by atoms with Gasteiger partial charge in [-0.05, 0) is 24.8 Å². The average molecular weight is 192 g/mol. The van der Waals surface area contributed by atoms with Crippen molar-refractivity contribution in [3.8, 4) is 0 Å². The average Bonchev–Trinajstić information content (AvgIpc) is 2.17. The molecule has 0 aromatic rings. The molecule has 0 radical (unpaired) electrons. The summed E-state index contributed by atoms with van der Waals surface area (Å²) in [4.78, 5) is 0. The zero-order valence-electron chi connectivity index (χ0n) is 9.97. The molecule has 0 aliphatic carbocycles. The molecule has 0 aromatic carbocycles. The molecule has 0 saturated carbocycles. The first kappa shape index (κ1) is 13.2. The van der Waals surface area contributed by atoms with Gasteiger partial charge in [0, 0.05) is 0 Å². The molecule has 80 valence electrons. The third-order valence-electron chi connectivity index (χ3n) is 2.16. The molecule has 0 aliphatic rings. The second kappa shape index (κ2) is 8.80. The highest BCUT2D eigenvalue weighted by molar-refractivity contribution is 5.28. The van der Waals surface area contributed by atoms with Crippen LogP contribution in [0.15, 0.2) is 36.0 Å². The largest absolute Gasteiger partial charge is 0.0958 e. The number of rotatable bonds is 7. The molecular weight excluding hydrogens is 168 g/mol. The molecule has 0 unspecified atom stereocenters. The summed E-state index contributed by atoms with van der Waals surface area (Å²) in [5.41, 5.74) is 2.65. The van der Waals surface area contributed by atoms with E-state index in [1.54, 1.807) is 0 Å². The molecule has 0 heteroatoms. The number of hydrogen-bond acceptors (Lipinski definition) is 0. The normalized spacial score (nSPS) is 12.4. The van der Waals surface area contributed by atoms with Gasteiger partial charge in [-0.25, -0.2) is 0 Å². The summed E-state index contributed by atoms with van der Waals surface area (Å²) in [5.74, 6) is 0. The Morgan fingerprint density at radius 1 is 1.14 bits per heavy atom. The SMILES string of the molecule is C=C(/C=C(\C=C/CCC)CC)CCC. The third-order valence-corrected chi connectivity index (χ3v) is 2.16. The van der Waals surface area contributed by atoms with E-state index in [1.807, 2.05) is 0 Å². The summed E-state index contributed by atoms with van der Waals surface area (Å²) < 4.78 is 0. The van der Waals surface area contributed by atoms with Gasteiger partial charge in [0.05, 0.1) is 0 Å². The van der Waals surface area contributed by atoms with Gasteiger partial charge in [0.25, 0.3) is 0 Å².